The summed E-state index contributed by atoms with van der Waals surface area (Å²) in [5, 5.41) is 3.03. The van der Waals surface area contributed by atoms with Gasteiger partial charge >= 0.3 is 37.4 Å². The number of nitrogens with two attached hydrogens (primary N) is 2. The molecule has 0 rings (SSSR count). The second kappa shape index (κ2) is 2.05. The van der Waals surface area contributed by atoms with Crippen LogP contribution in [0.5, 0.6) is 0 Å². The van der Waals surface area contributed by atoms with Crippen LogP contribution in [0.4, 0.5) is 0 Å². The van der Waals surface area contributed by atoms with Gasteiger partial charge in [-0.05, 0) is 0 Å². The van der Waals surface area contributed by atoms with Crippen molar-refractivity contribution in [3.05, 3.63) is 0 Å². The molecule has 0 aromatic carbocycles. The van der Waals surface area contributed by atoms with E-state index in [-0.39, 0.29) is 4.73 Å². The molecule has 0 aromatic rings. The Hall–Kier alpha value is -0.211. The van der Waals surface area contributed by atoms with Crippen LogP contribution >= 0.6 is 0 Å². The van der Waals surface area contributed by atoms with E-state index in [2.05, 4.69) is 27.0 Å². The van der Waals surface area contributed by atoms with Crippen LogP contribution in [0.1, 0.15) is 0 Å². The minimum atomic E-state index is 0.282. The minimum absolute atomic E-state index is 0.282. The number of hydrogen-bond donors (Lipinski definition) is 2. The van der Waals surface area contributed by atoms with Crippen molar-refractivity contribution in [2.24, 2.45) is 16.7 Å². The van der Waals surface area contributed by atoms with Gasteiger partial charge in [-0.2, -0.15) is 0 Å². The zero-order valence-electron chi connectivity index (χ0n) is 2.51. The summed E-state index contributed by atoms with van der Waals surface area (Å²) in [6.07, 6.45) is 0. The predicted octanol–water partition coefficient (Wildman–Crippen LogP) is -1.66. The van der Waals surface area contributed by atoms with Gasteiger partial charge in [0, 0.05) is 0 Å². The van der Waals surface area contributed by atoms with Crippen molar-refractivity contribution < 1.29 is 0 Å². The average Bonchev–Trinajstić information content (AvgIpc) is 1.38. The van der Waals surface area contributed by atoms with Gasteiger partial charge < -0.3 is 0 Å². The van der Waals surface area contributed by atoms with Crippen LogP contribution < -0.4 is 11.6 Å². The Balaban J connectivity index is 3.14. The number of nitrogens with zero attached hydrogens (tertiary/aromatic N) is 1. The molecule has 4 heteroatoms. The van der Waals surface area contributed by atoms with Crippen molar-refractivity contribution in [3.63, 3.8) is 0 Å². The molecule has 0 atom stereocenters. The van der Waals surface area contributed by atoms with Crippen molar-refractivity contribution in [3.8, 4) is 0 Å². The standard InChI is InChI=1S/CH4N3Se/c2-1(5)4-3/h3H2,(H2,2,4). The molecule has 5 heavy (non-hydrogen) atoms. The first kappa shape index (κ1) is 4.79. The SMILES string of the molecule is N/N=C(\N)[Se]. The molecule has 3 nitrogen and oxygen atoms in total. The van der Waals surface area contributed by atoms with Crippen molar-refractivity contribution >= 4 is 20.7 Å². The van der Waals surface area contributed by atoms with Gasteiger partial charge in [-0.15, -0.1) is 0 Å². The molecule has 0 saturated carbocycles. The third kappa shape index (κ3) is 3.79. The van der Waals surface area contributed by atoms with Gasteiger partial charge in [0.25, 0.3) is 0 Å². The average molecular weight is 137 g/mol. The molecule has 0 heterocycles. The Morgan fingerprint density at radius 1 is 1.80 bits per heavy atom. The summed E-state index contributed by atoms with van der Waals surface area (Å²) in [6.45, 7) is 0. The van der Waals surface area contributed by atoms with Crippen LogP contribution in [0.3, 0.4) is 0 Å². The van der Waals surface area contributed by atoms with E-state index in [1.807, 2.05) is 0 Å². The van der Waals surface area contributed by atoms with Gasteiger partial charge in [0.15, 0.2) is 0 Å². The van der Waals surface area contributed by atoms with Gasteiger partial charge in [-0.3, -0.25) is 0 Å². The predicted molar refractivity (Wildman–Crippen MR) is 21.6 cm³/mol. The molecule has 4 N–H and O–H groups in total. The molecule has 0 bridgehead atoms. The Kier molecular flexibility index (Phi) is 1.97. The molecule has 1 radical (unpaired) electrons. The Bertz CT molecular complexity index is 44.9. The number of rotatable bonds is 0. The Morgan fingerprint density at radius 3 is 2.00 bits per heavy atom. The van der Waals surface area contributed by atoms with E-state index in [1.54, 1.807) is 0 Å². The van der Waals surface area contributed by atoms with Gasteiger partial charge in [0.1, 0.15) is 0 Å². The van der Waals surface area contributed by atoms with E-state index >= 15 is 0 Å². The fourth-order valence-corrected chi connectivity index (χ4v) is 0. The molecule has 0 unspecified atom stereocenters. The maximum atomic E-state index is 4.86. The molecule has 0 aliphatic rings. The second-order valence-corrected chi connectivity index (χ2v) is 1.34. The second-order valence-electron chi connectivity index (χ2n) is 0.467. The van der Waals surface area contributed by atoms with E-state index in [1.165, 1.54) is 0 Å². The van der Waals surface area contributed by atoms with Crippen LogP contribution in [0.15, 0.2) is 5.10 Å². The summed E-state index contributed by atoms with van der Waals surface area (Å²) in [7, 11) is 0. The normalized spacial score (nSPS) is 11.6. The Labute approximate surface area is 38.2 Å². The first-order chi connectivity index (χ1) is 2.27. The first-order valence-electron chi connectivity index (χ1n) is 0.975. The summed E-state index contributed by atoms with van der Waals surface area (Å²) in [6, 6.07) is 0. The fourth-order valence-electron chi connectivity index (χ4n) is 0. The Morgan fingerprint density at radius 2 is 2.00 bits per heavy atom. The van der Waals surface area contributed by atoms with Crippen molar-refractivity contribution in [2.45, 2.75) is 0 Å². The summed E-state index contributed by atoms with van der Waals surface area (Å²) < 4.78 is 0.282. The van der Waals surface area contributed by atoms with Crippen LogP contribution in [-0.2, 0) is 0 Å². The zero-order chi connectivity index (χ0) is 4.28. The fraction of sp³-hybridized carbons (Fsp3) is 0. The quantitative estimate of drug-likeness (QED) is 0.138. The third-order valence-corrected chi connectivity index (χ3v) is 0.348. The van der Waals surface area contributed by atoms with E-state index in [0.717, 1.165) is 0 Å². The molecular weight excluding hydrogens is 133 g/mol. The molecule has 0 fully saturated rings. The van der Waals surface area contributed by atoms with Gasteiger partial charge in [0.2, 0.25) is 0 Å². The van der Waals surface area contributed by atoms with Gasteiger partial charge in [0.05, 0.1) is 0 Å². The van der Waals surface area contributed by atoms with Gasteiger partial charge in [-0.25, -0.2) is 0 Å². The van der Waals surface area contributed by atoms with Crippen molar-refractivity contribution in [1.82, 2.24) is 0 Å². The summed E-state index contributed by atoms with van der Waals surface area (Å²) in [5.74, 6) is 4.60. The monoisotopic (exact) mass is 138 g/mol. The number of hydrogen-bond acceptors (Lipinski definition) is 2. The zero-order valence-corrected chi connectivity index (χ0v) is 4.22. The molecule has 0 aromatic heterocycles. The third-order valence-electron chi connectivity index (χ3n) is 0.127. The summed E-state index contributed by atoms with van der Waals surface area (Å²) in [4.78, 5) is 0. The van der Waals surface area contributed by atoms with E-state index in [9.17, 15) is 0 Å². The molecule has 0 aliphatic carbocycles. The van der Waals surface area contributed by atoms with Gasteiger partial charge in [-0.1, -0.05) is 0 Å². The summed E-state index contributed by atoms with van der Waals surface area (Å²) >= 11 is 2.39. The summed E-state index contributed by atoms with van der Waals surface area (Å²) in [5.41, 5.74) is 4.86. The maximum absolute atomic E-state index is 4.86. The van der Waals surface area contributed by atoms with Crippen molar-refractivity contribution in [1.29, 1.82) is 0 Å². The van der Waals surface area contributed by atoms with Crippen LogP contribution in [-0.4, -0.2) is 20.7 Å². The molecule has 0 amide bonds. The van der Waals surface area contributed by atoms with Crippen LogP contribution in [0.2, 0.25) is 0 Å². The number of hydrazone groups is 1. The first-order valence-corrected chi connectivity index (χ1v) is 1.83. The topological polar surface area (TPSA) is 64.4 Å². The molecule has 0 aliphatic heterocycles. The van der Waals surface area contributed by atoms with Crippen molar-refractivity contribution in [2.75, 3.05) is 0 Å². The van der Waals surface area contributed by atoms with Crippen LogP contribution in [0, 0.1) is 0 Å². The van der Waals surface area contributed by atoms with E-state index in [0.29, 0.717) is 0 Å². The molecule has 29 valence electrons. The molecular formula is CH4N3Se. The van der Waals surface area contributed by atoms with E-state index in [4.69, 9.17) is 5.73 Å². The molecule has 0 saturated heterocycles. The number of amidine groups is 1. The molecule has 0 spiro atoms. The van der Waals surface area contributed by atoms with Crippen LogP contribution in [0.25, 0.3) is 0 Å². The van der Waals surface area contributed by atoms with E-state index < -0.39 is 0 Å².